The monoisotopic (exact) mass is 437 g/mol. The van der Waals surface area contributed by atoms with Crippen LogP contribution in [0.4, 0.5) is 11.4 Å². The van der Waals surface area contributed by atoms with Gasteiger partial charge in [-0.3, -0.25) is 14.9 Å². The molecule has 0 aliphatic carbocycles. The standard InChI is InChI=1S/C18H19N3O8S/c1-19-14-7-6-13(8-15(14)21(23)24)30(25,26)20-9-18(22)28-11-12-10-27-16-4-2-3-5-17(16)29-12/h2-8,12,19-20H,9-11H2,1H3. The van der Waals surface area contributed by atoms with Crippen LogP contribution >= 0.6 is 0 Å². The van der Waals surface area contributed by atoms with Gasteiger partial charge in [0.2, 0.25) is 10.0 Å². The fraction of sp³-hybridized carbons (Fsp3) is 0.278. The number of para-hydroxylation sites is 2. The average molecular weight is 437 g/mol. The van der Waals surface area contributed by atoms with E-state index in [-0.39, 0.29) is 23.8 Å². The average Bonchev–Trinajstić information content (AvgIpc) is 2.75. The first-order valence-electron chi connectivity index (χ1n) is 8.80. The highest BCUT2D eigenvalue weighted by Gasteiger charge is 2.24. The first-order chi connectivity index (χ1) is 14.3. The number of nitrogens with zero attached hydrogens (tertiary/aromatic N) is 1. The Morgan fingerprint density at radius 2 is 2.00 bits per heavy atom. The molecule has 160 valence electrons. The van der Waals surface area contributed by atoms with E-state index in [9.17, 15) is 23.3 Å². The second-order valence-corrected chi connectivity index (χ2v) is 7.96. The molecular weight excluding hydrogens is 418 g/mol. The fourth-order valence-corrected chi connectivity index (χ4v) is 3.65. The molecule has 11 nitrogen and oxygen atoms in total. The van der Waals surface area contributed by atoms with E-state index in [1.165, 1.54) is 19.2 Å². The van der Waals surface area contributed by atoms with E-state index in [1.54, 1.807) is 24.3 Å². The summed E-state index contributed by atoms with van der Waals surface area (Å²) in [6.45, 7) is -0.594. The van der Waals surface area contributed by atoms with Gasteiger partial charge in [-0.05, 0) is 24.3 Å². The number of fused-ring (bicyclic) bond motifs is 1. The molecule has 1 atom stereocenters. The summed E-state index contributed by atoms with van der Waals surface area (Å²) in [5.74, 6) is 0.283. The molecule has 1 unspecified atom stereocenters. The van der Waals surface area contributed by atoms with Crippen LogP contribution in [0, 0.1) is 10.1 Å². The predicted octanol–water partition coefficient (Wildman–Crippen LogP) is 1.30. The predicted molar refractivity (Wildman–Crippen MR) is 105 cm³/mol. The SMILES string of the molecule is CNc1ccc(S(=O)(=O)NCC(=O)OCC2COc3ccccc3O2)cc1[N+](=O)[O-]. The number of esters is 1. The highest BCUT2D eigenvalue weighted by molar-refractivity contribution is 7.89. The summed E-state index contributed by atoms with van der Waals surface area (Å²) >= 11 is 0. The molecule has 0 saturated carbocycles. The van der Waals surface area contributed by atoms with Crippen LogP contribution in [-0.4, -0.2) is 52.2 Å². The van der Waals surface area contributed by atoms with Crippen LogP contribution in [0.5, 0.6) is 11.5 Å². The number of benzene rings is 2. The van der Waals surface area contributed by atoms with Crippen molar-refractivity contribution in [1.29, 1.82) is 0 Å². The lowest BCUT2D eigenvalue weighted by atomic mass is 10.3. The number of carbonyl (C=O) groups is 1. The third-order valence-electron chi connectivity index (χ3n) is 4.15. The second-order valence-electron chi connectivity index (χ2n) is 6.19. The smallest absolute Gasteiger partial charge is 0.321 e. The van der Waals surface area contributed by atoms with Crippen molar-refractivity contribution in [2.75, 3.05) is 32.1 Å². The van der Waals surface area contributed by atoms with Gasteiger partial charge in [-0.1, -0.05) is 12.1 Å². The van der Waals surface area contributed by atoms with Gasteiger partial charge >= 0.3 is 5.97 Å². The summed E-state index contributed by atoms with van der Waals surface area (Å²) in [6, 6.07) is 10.4. The molecule has 1 aliphatic heterocycles. The summed E-state index contributed by atoms with van der Waals surface area (Å²) in [5, 5.41) is 13.7. The van der Waals surface area contributed by atoms with Gasteiger partial charge in [0.1, 0.15) is 25.4 Å². The number of nitrogens with one attached hydrogen (secondary N) is 2. The van der Waals surface area contributed by atoms with E-state index < -0.39 is 39.3 Å². The molecule has 1 aliphatic rings. The molecule has 12 heteroatoms. The summed E-state index contributed by atoms with van der Waals surface area (Å²) in [7, 11) is -2.68. The minimum Gasteiger partial charge on any atom is -0.486 e. The zero-order valence-corrected chi connectivity index (χ0v) is 16.7. The Morgan fingerprint density at radius 3 is 2.70 bits per heavy atom. The topological polar surface area (TPSA) is 146 Å². The molecule has 2 aromatic carbocycles. The van der Waals surface area contributed by atoms with Crippen LogP contribution in [0.15, 0.2) is 47.4 Å². The molecule has 2 aromatic rings. The number of ether oxygens (including phenoxy) is 3. The van der Waals surface area contributed by atoms with Crippen LogP contribution in [-0.2, 0) is 19.6 Å². The third-order valence-corrected chi connectivity index (χ3v) is 5.55. The van der Waals surface area contributed by atoms with Crippen LogP contribution in [0.1, 0.15) is 0 Å². The largest absolute Gasteiger partial charge is 0.486 e. The Bertz CT molecular complexity index is 1060. The van der Waals surface area contributed by atoms with E-state index in [1.807, 2.05) is 0 Å². The van der Waals surface area contributed by atoms with E-state index in [4.69, 9.17) is 14.2 Å². The van der Waals surface area contributed by atoms with Crippen LogP contribution in [0.3, 0.4) is 0 Å². The van der Waals surface area contributed by atoms with E-state index in [0.29, 0.717) is 11.5 Å². The van der Waals surface area contributed by atoms with Crippen molar-refractivity contribution >= 4 is 27.4 Å². The van der Waals surface area contributed by atoms with Crippen molar-refractivity contribution in [2.24, 2.45) is 0 Å². The summed E-state index contributed by atoms with van der Waals surface area (Å²) in [4.78, 5) is 22.0. The molecule has 0 aromatic heterocycles. The third kappa shape index (κ3) is 4.96. The molecule has 0 amide bonds. The number of nitro benzene ring substituents is 1. The Balaban J connectivity index is 1.54. The van der Waals surface area contributed by atoms with Crippen molar-refractivity contribution in [1.82, 2.24) is 4.72 Å². The zero-order valence-electron chi connectivity index (χ0n) is 15.9. The summed E-state index contributed by atoms with van der Waals surface area (Å²) in [6.07, 6.45) is -0.530. The molecule has 0 fully saturated rings. The minimum absolute atomic E-state index is 0.128. The van der Waals surface area contributed by atoms with Crippen LogP contribution < -0.4 is 19.5 Å². The van der Waals surface area contributed by atoms with Crippen molar-refractivity contribution in [3.05, 3.63) is 52.6 Å². The van der Waals surface area contributed by atoms with Gasteiger partial charge in [-0.2, -0.15) is 4.72 Å². The molecule has 0 bridgehead atoms. The van der Waals surface area contributed by atoms with Gasteiger partial charge in [0.15, 0.2) is 17.6 Å². The van der Waals surface area contributed by atoms with Crippen molar-refractivity contribution in [2.45, 2.75) is 11.0 Å². The molecule has 0 radical (unpaired) electrons. The number of hydrogen-bond donors (Lipinski definition) is 2. The maximum Gasteiger partial charge on any atom is 0.321 e. The van der Waals surface area contributed by atoms with E-state index >= 15 is 0 Å². The van der Waals surface area contributed by atoms with Crippen molar-refractivity contribution in [3.8, 4) is 11.5 Å². The fourth-order valence-electron chi connectivity index (χ4n) is 2.66. The molecular formula is C18H19N3O8S. The summed E-state index contributed by atoms with van der Waals surface area (Å²) < 4.78 is 42.9. The van der Waals surface area contributed by atoms with Gasteiger partial charge in [0.25, 0.3) is 5.69 Å². The zero-order chi connectivity index (χ0) is 21.7. The molecule has 3 rings (SSSR count). The Hall–Kier alpha value is -3.38. The quantitative estimate of drug-likeness (QED) is 0.354. The number of rotatable bonds is 8. The normalized spacial score (nSPS) is 15.3. The number of anilines is 1. The van der Waals surface area contributed by atoms with Crippen LogP contribution in [0.25, 0.3) is 0 Å². The molecule has 0 saturated heterocycles. The highest BCUT2D eigenvalue weighted by Crippen LogP contribution is 2.31. The first kappa shape index (κ1) is 21.3. The lowest BCUT2D eigenvalue weighted by Gasteiger charge is -2.26. The first-order valence-corrected chi connectivity index (χ1v) is 10.3. The highest BCUT2D eigenvalue weighted by atomic mass is 32.2. The lowest BCUT2D eigenvalue weighted by molar-refractivity contribution is -0.384. The van der Waals surface area contributed by atoms with Gasteiger partial charge in [-0.25, -0.2) is 8.42 Å². The van der Waals surface area contributed by atoms with E-state index in [2.05, 4.69) is 10.0 Å². The molecule has 1 heterocycles. The molecule has 30 heavy (non-hydrogen) atoms. The maximum absolute atomic E-state index is 12.3. The number of nitro groups is 1. The molecule has 0 spiro atoms. The van der Waals surface area contributed by atoms with Crippen molar-refractivity contribution < 1.29 is 32.3 Å². The van der Waals surface area contributed by atoms with Gasteiger partial charge < -0.3 is 19.5 Å². The number of hydrogen-bond acceptors (Lipinski definition) is 9. The van der Waals surface area contributed by atoms with Crippen molar-refractivity contribution in [3.63, 3.8) is 0 Å². The Labute approximate surface area is 172 Å². The number of carbonyl (C=O) groups excluding carboxylic acids is 1. The minimum atomic E-state index is -4.16. The van der Waals surface area contributed by atoms with Crippen LogP contribution in [0.2, 0.25) is 0 Å². The van der Waals surface area contributed by atoms with Gasteiger partial charge in [0, 0.05) is 13.1 Å². The molecule has 2 N–H and O–H groups in total. The van der Waals surface area contributed by atoms with E-state index in [0.717, 1.165) is 6.07 Å². The van der Waals surface area contributed by atoms with Gasteiger partial charge in [-0.15, -0.1) is 0 Å². The number of sulfonamides is 1. The lowest BCUT2D eigenvalue weighted by Crippen LogP contribution is -2.36. The van der Waals surface area contributed by atoms with Gasteiger partial charge in [0.05, 0.1) is 9.82 Å². The second kappa shape index (κ2) is 8.97. The Morgan fingerprint density at radius 1 is 1.27 bits per heavy atom. The maximum atomic E-state index is 12.3. The Kier molecular flexibility index (Phi) is 6.37. The summed E-state index contributed by atoms with van der Waals surface area (Å²) in [5.41, 5.74) is -0.243.